The minimum absolute atomic E-state index is 0.0613. The molecule has 162 valence electrons. The molecule has 0 saturated heterocycles. The van der Waals surface area contributed by atoms with Crippen LogP contribution in [0.2, 0.25) is 5.02 Å². The van der Waals surface area contributed by atoms with E-state index in [9.17, 15) is 13.2 Å². The first-order chi connectivity index (χ1) is 14.6. The molecule has 0 aliphatic rings. The Bertz CT molecular complexity index is 1180. The molecule has 0 heterocycles. The summed E-state index contributed by atoms with van der Waals surface area (Å²) in [5, 5.41) is 3.19. The number of hydrogen-bond acceptors (Lipinski definition) is 4. The van der Waals surface area contributed by atoms with Gasteiger partial charge in [0.05, 0.1) is 10.6 Å². The van der Waals surface area contributed by atoms with Crippen molar-refractivity contribution < 1.29 is 17.9 Å². The molecule has 0 bridgehead atoms. The average Bonchev–Trinajstić information content (AvgIpc) is 2.72. The van der Waals surface area contributed by atoms with Crippen LogP contribution in [0.3, 0.4) is 0 Å². The predicted molar refractivity (Wildman–Crippen MR) is 123 cm³/mol. The Morgan fingerprint density at radius 2 is 1.55 bits per heavy atom. The molecule has 3 aromatic rings. The second-order valence-electron chi connectivity index (χ2n) is 7.16. The van der Waals surface area contributed by atoms with Crippen LogP contribution in [0.4, 0.5) is 11.4 Å². The highest BCUT2D eigenvalue weighted by atomic mass is 35.5. The zero-order chi connectivity index (χ0) is 22.6. The number of sulfonamides is 1. The van der Waals surface area contributed by atoms with Crippen molar-refractivity contribution in [1.82, 2.24) is 0 Å². The van der Waals surface area contributed by atoms with E-state index in [0.29, 0.717) is 22.1 Å². The molecule has 0 aliphatic heterocycles. The second kappa shape index (κ2) is 9.41. The summed E-state index contributed by atoms with van der Waals surface area (Å²) in [7, 11) is -3.79. The van der Waals surface area contributed by atoms with Crippen LogP contribution >= 0.6 is 11.6 Å². The van der Waals surface area contributed by atoms with Crippen molar-refractivity contribution in [2.24, 2.45) is 0 Å². The van der Waals surface area contributed by atoms with Gasteiger partial charge < -0.3 is 10.1 Å². The number of rotatable bonds is 7. The first-order valence-corrected chi connectivity index (χ1v) is 11.4. The largest absolute Gasteiger partial charge is 0.481 e. The number of ether oxygens (including phenoxy) is 1. The van der Waals surface area contributed by atoms with Gasteiger partial charge >= 0.3 is 0 Å². The van der Waals surface area contributed by atoms with Crippen LogP contribution in [0.15, 0.2) is 71.6 Å². The number of benzene rings is 3. The number of halogens is 1. The lowest BCUT2D eigenvalue weighted by Crippen LogP contribution is -2.30. The summed E-state index contributed by atoms with van der Waals surface area (Å²) >= 11 is 6.06. The van der Waals surface area contributed by atoms with Gasteiger partial charge in [-0.25, -0.2) is 8.42 Å². The molecule has 0 aromatic heterocycles. The molecule has 1 amide bonds. The van der Waals surface area contributed by atoms with E-state index < -0.39 is 16.1 Å². The van der Waals surface area contributed by atoms with Crippen molar-refractivity contribution >= 4 is 38.9 Å². The summed E-state index contributed by atoms with van der Waals surface area (Å²) in [5.41, 5.74) is 2.78. The highest BCUT2D eigenvalue weighted by Crippen LogP contribution is 2.23. The molecule has 0 saturated carbocycles. The van der Waals surface area contributed by atoms with E-state index in [1.165, 1.54) is 24.3 Å². The lowest BCUT2D eigenvalue weighted by atomic mass is 10.2. The fourth-order valence-electron chi connectivity index (χ4n) is 2.71. The van der Waals surface area contributed by atoms with Gasteiger partial charge in [0, 0.05) is 10.7 Å². The zero-order valence-electron chi connectivity index (χ0n) is 17.3. The second-order valence-corrected chi connectivity index (χ2v) is 9.25. The van der Waals surface area contributed by atoms with Gasteiger partial charge in [-0.15, -0.1) is 0 Å². The standard InChI is InChI=1S/C23H23ClN2O4S/c1-15-4-10-20(11-5-15)30-17(3)23(27)25-18-8-12-21(13-9-18)31(28,29)26-19-7-6-16(2)22(24)14-19/h4-14,17,26H,1-3H3,(H,25,27)/t17-/m1/s1. The smallest absolute Gasteiger partial charge is 0.265 e. The molecule has 0 unspecified atom stereocenters. The quantitative estimate of drug-likeness (QED) is 0.512. The first kappa shape index (κ1) is 22.7. The number of nitrogens with one attached hydrogen (secondary N) is 2. The third-order valence-corrected chi connectivity index (χ3v) is 6.36. The lowest BCUT2D eigenvalue weighted by Gasteiger charge is -2.15. The minimum atomic E-state index is -3.79. The van der Waals surface area contributed by atoms with Gasteiger partial charge in [-0.2, -0.15) is 0 Å². The van der Waals surface area contributed by atoms with Crippen molar-refractivity contribution in [3.05, 3.63) is 82.9 Å². The summed E-state index contributed by atoms with van der Waals surface area (Å²) < 4.78 is 33.3. The van der Waals surface area contributed by atoms with Gasteiger partial charge in [0.2, 0.25) is 0 Å². The average molecular weight is 459 g/mol. The number of hydrogen-bond donors (Lipinski definition) is 2. The van der Waals surface area contributed by atoms with Crippen molar-refractivity contribution in [3.8, 4) is 5.75 Å². The van der Waals surface area contributed by atoms with Gasteiger partial charge in [0.1, 0.15) is 5.75 Å². The third-order valence-electron chi connectivity index (χ3n) is 4.56. The maximum Gasteiger partial charge on any atom is 0.265 e. The molecule has 0 spiro atoms. The Morgan fingerprint density at radius 3 is 2.16 bits per heavy atom. The Hall–Kier alpha value is -3.03. The number of anilines is 2. The van der Waals surface area contributed by atoms with E-state index in [2.05, 4.69) is 10.0 Å². The number of aryl methyl sites for hydroxylation is 2. The van der Waals surface area contributed by atoms with E-state index in [4.69, 9.17) is 16.3 Å². The van der Waals surface area contributed by atoms with E-state index in [0.717, 1.165) is 11.1 Å². The Labute approximate surface area is 187 Å². The molecular formula is C23H23ClN2O4S. The molecule has 3 aromatic carbocycles. The van der Waals surface area contributed by atoms with Crippen molar-refractivity contribution in [1.29, 1.82) is 0 Å². The SMILES string of the molecule is Cc1ccc(O[C@H](C)C(=O)Nc2ccc(S(=O)(=O)Nc3ccc(C)c(Cl)c3)cc2)cc1. The van der Waals surface area contributed by atoms with Crippen molar-refractivity contribution in [3.63, 3.8) is 0 Å². The van der Waals surface area contributed by atoms with Crippen molar-refractivity contribution in [2.45, 2.75) is 31.8 Å². The molecule has 2 N–H and O–H groups in total. The summed E-state index contributed by atoms with van der Waals surface area (Å²) in [6.45, 7) is 5.44. The minimum Gasteiger partial charge on any atom is -0.481 e. The van der Waals surface area contributed by atoms with Gasteiger partial charge in [-0.1, -0.05) is 35.4 Å². The highest BCUT2D eigenvalue weighted by Gasteiger charge is 2.17. The Morgan fingerprint density at radius 1 is 0.935 bits per heavy atom. The normalized spacial score (nSPS) is 12.1. The molecule has 6 nitrogen and oxygen atoms in total. The van der Waals surface area contributed by atoms with Crippen LogP contribution < -0.4 is 14.8 Å². The maximum absolute atomic E-state index is 12.6. The fourth-order valence-corrected chi connectivity index (χ4v) is 3.94. The third kappa shape index (κ3) is 5.99. The van der Waals surface area contributed by atoms with Gasteiger partial charge in [0.25, 0.3) is 15.9 Å². The van der Waals surface area contributed by atoms with E-state index >= 15 is 0 Å². The van der Waals surface area contributed by atoms with Crippen molar-refractivity contribution in [2.75, 3.05) is 10.0 Å². The molecular weight excluding hydrogens is 436 g/mol. The molecule has 8 heteroatoms. The summed E-state index contributed by atoms with van der Waals surface area (Å²) in [6.07, 6.45) is -0.723. The molecule has 1 atom stereocenters. The van der Waals surface area contributed by atoms with Gasteiger partial charge in [-0.3, -0.25) is 9.52 Å². The van der Waals surface area contributed by atoms with E-state index in [1.54, 1.807) is 37.3 Å². The summed E-state index contributed by atoms with van der Waals surface area (Å²) in [6, 6.07) is 18.2. The van der Waals surface area contributed by atoms with Gasteiger partial charge in [0.15, 0.2) is 6.10 Å². The summed E-state index contributed by atoms with van der Waals surface area (Å²) in [4.78, 5) is 12.4. The number of carbonyl (C=O) groups is 1. The molecule has 0 fully saturated rings. The van der Waals surface area contributed by atoms with E-state index in [-0.39, 0.29) is 10.8 Å². The van der Waals surface area contributed by atoms with E-state index in [1.807, 2.05) is 26.0 Å². The number of amides is 1. The predicted octanol–water partition coefficient (Wildman–Crippen LogP) is 5.16. The monoisotopic (exact) mass is 458 g/mol. The van der Waals surface area contributed by atoms with Crippen LogP contribution in [-0.2, 0) is 14.8 Å². The first-order valence-electron chi connectivity index (χ1n) is 9.57. The molecule has 3 rings (SSSR count). The highest BCUT2D eigenvalue weighted by molar-refractivity contribution is 7.92. The molecule has 31 heavy (non-hydrogen) atoms. The Kier molecular flexibility index (Phi) is 6.87. The maximum atomic E-state index is 12.6. The number of carbonyl (C=O) groups excluding carboxylic acids is 1. The van der Waals surface area contributed by atoms with Gasteiger partial charge in [-0.05, 0) is 74.9 Å². The van der Waals surface area contributed by atoms with Crippen LogP contribution in [-0.4, -0.2) is 20.4 Å². The Balaban J connectivity index is 1.63. The fraction of sp³-hybridized carbons (Fsp3) is 0.174. The summed E-state index contributed by atoms with van der Waals surface area (Å²) in [5.74, 6) is 0.251. The topological polar surface area (TPSA) is 84.5 Å². The van der Waals surface area contributed by atoms with Crippen LogP contribution in [0.5, 0.6) is 5.75 Å². The van der Waals surface area contributed by atoms with Crippen LogP contribution in [0, 0.1) is 13.8 Å². The lowest BCUT2D eigenvalue weighted by molar-refractivity contribution is -0.122. The molecule has 0 radical (unpaired) electrons. The molecule has 0 aliphatic carbocycles. The van der Waals surface area contributed by atoms with Crippen LogP contribution in [0.1, 0.15) is 18.1 Å². The zero-order valence-corrected chi connectivity index (χ0v) is 18.9. The van der Waals surface area contributed by atoms with Crippen LogP contribution in [0.25, 0.3) is 0 Å².